The monoisotopic (exact) mass is 494 g/mol. The number of halogens is 3. The molecule has 0 aliphatic carbocycles. The molecule has 182 valence electrons. The Morgan fingerprint density at radius 2 is 1.79 bits per heavy atom. The van der Waals surface area contributed by atoms with Gasteiger partial charge in [0.2, 0.25) is 21.8 Å². The number of nitrogens with one attached hydrogen (secondary N) is 2. The van der Waals surface area contributed by atoms with Crippen molar-refractivity contribution in [2.24, 2.45) is 0 Å². The first-order valence-electron chi connectivity index (χ1n) is 11.0. The molecule has 1 aliphatic heterocycles. The number of nitrogens with zero attached hydrogens (tertiary/aromatic N) is 2. The number of carbonyl (C=O) groups is 1. The summed E-state index contributed by atoms with van der Waals surface area (Å²) in [6.45, 7) is 1.05. The highest BCUT2D eigenvalue weighted by molar-refractivity contribution is 7.89. The highest BCUT2D eigenvalue weighted by Gasteiger charge is 2.35. The van der Waals surface area contributed by atoms with Crippen LogP contribution in [0.2, 0.25) is 0 Å². The summed E-state index contributed by atoms with van der Waals surface area (Å²) in [5.41, 5.74) is 1.70. The van der Waals surface area contributed by atoms with E-state index in [1.54, 1.807) is 30.3 Å². The van der Waals surface area contributed by atoms with Crippen LogP contribution in [0.15, 0.2) is 48.5 Å². The number of benzene rings is 2. The van der Waals surface area contributed by atoms with Crippen LogP contribution in [-0.2, 0) is 21.0 Å². The van der Waals surface area contributed by atoms with Crippen molar-refractivity contribution in [3.8, 4) is 0 Å². The molecule has 7 nitrogen and oxygen atoms in total. The van der Waals surface area contributed by atoms with E-state index in [0.29, 0.717) is 18.7 Å². The maximum atomic E-state index is 13.0. The summed E-state index contributed by atoms with van der Waals surface area (Å²) >= 11 is 0. The molecule has 2 heterocycles. The van der Waals surface area contributed by atoms with Gasteiger partial charge in [-0.1, -0.05) is 36.4 Å². The van der Waals surface area contributed by atoms with Crippen LogP contribution in [0.25, 0.3) is 11.0 Å². The second kappa shape index (κ2) is 9.75. The Hall–Kier alpha value is -2.92. The Bertz CT molecular complexity index is 1250. The molecule has 1 fully saturated rings. The average Bonchev–Trinajstić information content (AvgIpc) is 3.48. The van der Waals surface area contributed by atoms with Gasteiger partial charge < -0.3 is 10.3 Å². The van der Waals surface area contributed by atoms with Gasteiger partial charge in [-0.3, -0.25) is 4.79 Å². The molecule has 3 aromatic rings. The molecule has 0 spiro atoms. The van der Waals surface area contributed by atoms with Crippen LogP contribution in [0.5, 0.6) is 0 Å². The lowest BCUT2D eigenvalue weighted by atomic mass is 9.98. The highest BCUT2D eigenvalue weighted by atomic mass is 32.2. The van der Waals surface area contributed by atoms with Crippen molar-refractivity contribution in [2.45, 2.75) is 37.9 Å². The van der Waals surface area contributed by atoms with Crippen molar-refractivity contribution < 1.29 is 26.4 Å². The fourth-order valence-electron chi connectivity index (χ4n) is 4.09. The van der Waals surface area contributed by atoms with Crippen molar-refractivity contribution in [3.63, 3.8) is 0 Å². The first-order chi connectivity index (χ1) is 16.1. The Morgan fingerprint density at radius 1 is 1.09 bits per heavy atom. The molecule has 1 atom stereocenters. The molecule has 1 saturated heterocycles. The highest BCUT2D eigenvalue weighted by Crippen LogP contribution is 2.30. The summed E-state index contributed by atoms with van der Waals surface area (Å²) in [7, 11) is -3.37. The Balaban J connectivity index is 1.50. The zero-order chi connectivity index (χ0) is 24.3. The number of rotatable bonds is 8. The van der Waals surface area contributed by atoms with Gasteiger partial charge in [0.15, 0.2) is 0 Å². The van der Waals surface area contributed by atoms with E-state index in [1.165, 1.54) is 16.4 Å². The number of imidazole rings is 1. The summed E-state index contributed by atoms with van der Waals surface area (Å²) in [4.78, 5) is 18.6. The van der Waals surface area contributed by atoms with Crippen LogP contribution in [0.1, 0.15) is 48.7 Å². The van der Waals surface area contributed by atoms with Gasteiger partial charge in [-0.2, -0.15) is 13.2 Å². The molecule has 34 heavy (non-hydrogen) atoms. The van der Waals surface area contributed by atoms with Crippen LogP contribution in [0.4, 0.5) is 13.2 Å². The summed E-state index contributed by atoms with van der Waals surface area (Å²) < 4.78 is 65.3. The van der Waals surface area contributed by atoms with Crippen molar-refractivity contribution in [2.75, 3.05) is 18.8 Å². The first kappa shape index (κ1) is 24.2. The van der Waals surface area contributed by atoms with Gasteiger partial charge in [0.05, 0.1) is 22.8 Å². The van der Waals surface area contributed by atoms with E-state index in [0.717, 1.165) is 18.4 Å². The lowest BCUT2D eigenvalue weighted by Crippen LogP contribution is -2.32. The molecule has 1 aliphatic rings. The van der Waals surface area contributed by atoms with Gasteiger partial charge in [0.1, 0.15) is 0 Å². The number of H-pyrrole nitrogens is 1. The van der Waals surface area contributed by atoms with E-state index in [2.05, 4.69) is 15.3 Å². The maximum Gasteiger partial charge on any atom is 0.449 e. The Labute approximate surface area is 195 Å². The molecule has 0 bridgehead atoms. The van der Waals surface area contributed by atoms with Crippen LogP contribution in [0.3, 0.4) is 0 Å². The van der Waals surface area contributed by atoms with E-state index in [-0.39, 0.29) is 35.5 Å². The minimum Gasteiger partial charge on any atom is -0.345 e. The predicted molar refractivity (Wildman–Crippen MR) is 121 cm³/mol. The molecule has 0 saturated carbocycles. The van der Waals surface area contributed by atoms with Crippen molar-refractivity contribution in [1.82, 2.24) is 19.6 Å². The summed E-state index contributed by atoms with van der Waals surface area (Å²) in [6.07, 6.45) is -2.70. The fourth-order valence-corrected chi connectivity index (χ4v) is 5.67. The molecule has 0 radical (unpaired) electrons. The largest absolute Gasteiger partial charge is 0.449 e. The zero-order valence-corrected chi connectivity index (χ0v) is 19.1. The molecule has 1 amide bonds. The second-order valence-electron chi connectivity index (χ2n) is 8.30. The zero-order valence-electron chi connectivity index (χ0n) is 18.3. The van der Waals surface area contributed by atoms with Crippen molar-refractivity contribution >= 4 is 27.0 Å². The molecule has 1 unspecified atom stereocenters. The molecule has 2 aromatic carbocycles. The number of sulfonamides is 1. The standard InChI is InChI=1S/C23H25F3N4O3S/c24-23(25,26)22-27-18-11-10-17(15-19(18)28-22)21(16-7-2-1-3-8-16)29-20(31)9-6-14-34(32,33)30-12-4-5-13-30/h1-3,7-8,10-11,15,21H,4-6,9,12-14H2,(H,27,28)(H,29,31). The molecule has 4 rings (SSSR count). The normalized spacial score (nSPS) is 16.1. The van der Waals surface area contributed by atoms with Crippen LogP contribution in [0, 0.1) is 0 Å². The summed E-state index contributed by atoms with van der Waals surface area (Å²) in [6, 6.07) is 13.0. The van der Waals surface area contributed by atoms with Gasteiger partial charge in [-0.05, 0) is 42.5 Å². The lowest BCUT2D eigenvalue weighted by Gasteiger charge is -2.20. The molecule has 1 aromatic heterocycles. The third kappa shape index (κ3) is 5.58. The van der Waals surface area contributed by atoms with Gasteiger partial charge in [0.25, 0.3) is 0 Å². The minimum atomic E-state index is -4.60. The van der Waals surface area contributed by atoms with Crippen molar-refractivity contribution in [3.05, 3.63) is 65.5 Å². The minimum absolute atomic E-state index is 0.0148. The number of alkyl halides is 3. The third-order valence-electron chi connectivity index (χ3n) is 5.81. The molecule has 11 heteroatoms. The first-order valence-corrected chi connectivity index (χ1v) is 12.6. The van der Waals surface area contributed by atoms with E-state index in [9.17, 15) is 26.4 Å². The lowest BCUT2D eigenvalue weighted by molar-refractivity contribution is -0.144. The summed E-state index contributed by atoms with van der Waals surface area (Å²) in [5.74, 6) is -1.53. The number of amides is 1. The van der Waals surface area contributed by atoms with Crippen LogP contribution >= 0.6 is 0 Å². The van der Waals surface area contributed by atoms with E-state index in [4.69, 9.17) is 0 Å². The molecule has 2 N–H and O–H groups in total. The molecular weight excluding hydrogens is 469 g/mol. The van der Waals surface area contributed by atoms with Gasteiger partial charge >= 0.3 is 6.18 Å². The quantitative estimate of drug-likeness (QED) is 0.495. The SMILES string of the molecule is O=C(CCCS(=O)(=O)N1CCCC1)NC(c1ccccc1)c1ccc2nc(C(F)(F)F)[nH]c2c1. The summed E-state index contributed by atoms with van der Waals surface area (Å²) in [5, 5.41) is 2.90. The van der Waals surface area contributed by atoms with E-state index in [1.807, 2.05) is 6.07 Å². The van der Waals surface area contributed by atoms with E-state index >= 15 is 0 Å². The number of carbonyl (C=O) groups excluding carboxylic acids is 1. The number of hydrogen-bond donors (Lipinski definition) is 2. The smallest absolute Gasteiger partial charge is 0.345 e. The van der Waals surface area contributed by atoms with Crippen LogP contribution < -0.4 is 5.32 Å². The Morgan fingerprint density at radius 3 is 2.47 bits per heavy atom. The fraction of sp³-hybridized carbons (Fsp3) is 0.391. The Kier molecular flexibility index (Phi) is 6.94. The van der Waals surface area contributed by atoms with Crippen LogP contribution in [-0.4, -0.2) is 47.4 Å². The van der Waals surface area contributed by atoms with Gasteiger partial charge in [0, 0.05) is 19.5 Å². The van der Waals surface area contributed by atoms with Gasteiger partial charge in [-0.25, -0.2) is 17.7 Å². The average molecular weight is 495 g/mol. The van der Waals surface area contributed by atoms with Gasteiger partial charge in [-0.15, -0.1) is 0 Å². The number of hydrogen-bond acceptors (Lipinski definition) is 4. The predicted octanol–water partition coefficient (Wildman–Crippen LogP) is 3.99. The third-order valence-corrected chi connectivity index (χ3v) is 7.77. The second-order valence-corrected chi connectivity index (χ2v) is 10.4. The number of fused-ring (bicyclic) bond motifs is 1. The number of aromatic amines is 1. The molecular formula is C23H25F3N4O3S. The maximum absolute atomic E-state index is 13.0. The number of aromatic nitrogens is 2. The topological polar surface area (TPSA) is 95.2 Å². The van der Waals surface area contributed by atoms with Crippen molar-refractivity contribution in [1.29, 1.82) is 0 Å². The van der Waals surface area contributed by atoms with E-state index < -0.39 is 28.1 Å².